The molecule has 0 atom stereocenters. The minimum atomic E-state index is 0.217. The van der Waals surface area contributed by atoms with E-state index in [1.165, 1.54) is 16.7 Å². The zero-order chi connectivity index (χ0) is 20.4. The zero-order valence-electron chi connectivity index (χ0n) is 17.6. The van der Waals surface area contributed by atoms with Gasteiger partial charge in [0.05, 0.1) is 13.7 Å². The standard InChI is InChI=1S/C23H30N4O2/c1-17-14-22(29-3)24-18(2)20(17)15-25-10-12-26(13-11-25)16-23(28)27-9-8-19-6-4-5-7-21(19)27/h4-7,14H,8-13,15-16H2,1-3H3. The fourth-order valence-corrected chi connectivity index (χ4v) is 4.37. The Labute approximate surface area is 173 Å². The van der Waals surface area contributed by atoms with Gasteiger partial charge in [0.15, 0.2) is 0 Å². The van der Waals surface area contributed by atoms with Crippen LogP contribution in [0.25, 0.3) is 0 Å². The summed E-state index contributed by atoms with van der Waals surface area (Å²) in [5, 5.41) is 0. The lowest BCUT2D eigenvalue weighted by Crippen LogP contribution is -2.49. The molecule has 4 rings (SSSR count). The summed E-state index contributed by atoms with van der Waals surface area (Å²) in [6.45, 7) is 10.2. The van der Waals surface area contributed by atoms with Gasteiger partial charge in [0.2, 0.25) is 11.8 Å². The highest BCUT2D eigenvalue weighted by molar-refractivity contribution is 5.96. The molecule has 3 heterocycles. The van der Waals surface area contributed by atoms with Gasteiger partial charge in [0, 0.05) is 56.7 Å². The van der Waals surface area contributed by atoms with Gasteiger partial charge in [0.1, 0.15) is 0 Å². The number of fused-ring (bicyclic) bond motifs is 1. The van der Waals surface area contributed by atoms with Crippen LogP contribution in [0.5, 0.6) is 5.88 Å². The summed E-state index contributed by atoms with van der Waals surface area (Å²) >= 11 is 0. The molecule has 29 heavy (non-hydrogen) atoms. The number of hydrogen-bond acceptors (Lipinski definition) is 5. The van der Waals surface area contributed by atoms with Crippen LogP contribution in [0.4, 0.5) is 5.69 Å². The van der Waals surface area contributed by atoms with Crippen molar-refractivity contribution in [2.75, 3.05) is 51.3 Å². The van der Waals surface area contributed by atoms with Crippen LogP contribution < -0.4 is 9.64 Å². The van der Waals surface area contributed by atoms with Gasteiger partial charge in [-0.25, -0.2) is 4.98 Å². The molecule has 6 heteroatoms. The summed E-state index contributed by atoms with van der Waals surface area (Å²) in [6.07, 6.45) is 0.963. The molecule has 1 aromatic carbocycles. The summed E-state index contributed by atoms with van der Waals surface area (Å²) in [7, 11) is 1.65. The molecule has 1 aromatic heterocycles. The van der Waals surface area contributed by atoms with Crippen LogP contribution in [-0.2, 0) is 17.8 Å². The molecule has 154 valence electrons. The summed E-state index contributed by atoms with van der Waals surface area (Å²) in [6, 6.07) is 10.3. The van der Waals surface area contributed by atoms with Crippen molar-refractivity contribution in [3.05, 3.63) is 52.7 Å². The van der Waals surface area contributed by atoms with E-state index in [9.17, 15) is 4.79 Å². The molecule has 0 saturated carbocycles. The number of piperazine rings is 1. The van der Waals surface area contributed by atoms with Crippen molar-refractivity contribution in [3.8, 4) is 5.88 Å². The highest BCUT2D eigenvalue weighted by atomic mass is 16.5. The Morgan fingerprint density at radius 2 is 1.79 bits per heavy atom. The van der Waals surface area contributed by atoms with Crippen LogP contribution in [0.1, 0.15) is 22.4 Å². The number of amides is 1. The lowest BCUT2D eigenvalue weighted by atomic mass is 10.1. The Morgan fingerprint density at radius 1 is 1.07 bits per heavy atom. The highest BCUT2D eigenvalue weighted by Crippen LogP contribution is 2.27. The van der Waals surface area contributed by atoms with Gasteiger partial charge in [-0.05, 0) is 43.0 Å². The Hall–Kier alpha value is -2.44. The molecule has 0 unspecified atom stereocenters. The van der Waals surface area contributed by atoms with Crippen LogP contribution in [0.3, 0.4) is 0 Å². The van der Waals surface area contributed by atoms with E-state index in [2.05, 4.69) is 33.8 Å². The van der Waals surface area contributed by atoms with Crippen LogP contribution in [-0.4, -0.2) is 67.1 Å². The van der Waals surface area contributed by atoms with E-state index in [0.29, 0.717) is 12.4 Å². The van der Waals surface area contributed by atoms with E-state index < -0.39 is 0 Å². The fraction of sp³-hybridized carbons (Fsp3) is 0.478. The minimum absolute atomic E-state index is 0.217. The SMILES string of the molecule is COc1cc(C)c(CN2CCN(CC(=O)N3CCc4ccccc43)CC2)c(C)n1. The largest absolute Gasteiger partial charge is 0.481 e. The number of anilines is 1. The van der Waals surface area contributed by atoms with Gasteiger partial charge in [-0.3, -0.25) is 14.6 Å². The van der Waals surface area contributed by atoms with Crippen LogP contribution in [0.15, 0.2) is 30.3 Å². The monoisotopic (exact) mass is 394 g/mol. The second kappa shape index (κ2) is 8.51. The first-order valence-electron chi connectivity index (χ1n) is 10.4. The van der Waals surface area contributed by atoms with Crippen molar-refractivity contribution in [1.82, 2.24) is 14.8 Å². The van der Waals surface area contributed by atoms with Gasteiger partial charge >= 0.3 is 0 Å². The van der Waals surface area contributed by atoms with Crippen molar-refractivity contribution in [2.24, 2.45) is 0 Å². The summed E-state index contributed by atoms with van der Waals surface area (Å²) in [4.78, 5) is 24.1. The van der Waals surface area contributed by atoms with Gasteiger partial charge in [-0.15, -0.1) is 0 Å². The van der Waals surface area contributed by atoms with E-state index in [1.54, 1.807) is 7.11 Å². The lowest BCUT2D eigenvalue weighted by molar-refractivity contribution is -0.120. The van der Waals surface area contributed by atoms with Gasteiger partial charge in [-0.1, -0.05) is 18.2 Å². The average Bonchev–Trinajstić information content (AvgIpc) is 3.16. The average molecular weight is 395 g/mol. The van der Waals surface area contributed by atoms with Crippen molar-refractivity contribution in [3.63, 3.8) is 0 Å². The number of pyridine rings is 1. The van der Waals surface area contributed by atoms with Gasteiger partial charge in [0.25, 0.3) is 0 Å². The number of rotatable bonds is 5. The maximum Gasteiger partial charge on any atom is 0.241 e. The quantitative estimate of drug-likeness (QED) is 0.780. The predicted octanol–water partition coefficient (Wildman–Crippen LogP) is 2.41. The number of benzene rings is 1. The van der Waals surface area contributed by atoms with Gasteiger partial charge in [-0.2, -0.15) is 0 Å². The van der Waals surface area contributed by atoms with E-state index in [0.717, 1.165) is 57.1 Å². The Morgan fingerprint density at radius 3 is 2.52 bits per heavy atom. The molecule has 0 radical (unpaired) electrons. The Balaban J connectivity index is 1.31. The number of para-hydroxylation sites is 1. The molecule has 6 nitrogen and oxygen atoms in total. The smallest absolute Gasteiger partial charge is 0.241 e. The number of aryl methyl sites for hydroxylation is 2. The number of nitrogens with zero attached hydrogens (tertiary/aromatic N) is 4. The van der Waals surface area contributed by atoms with Crippen molar-refractivity contribution < 1.29 is 9.53 Å². The molecule has 0 N–H and O–H groups in total. The number of ether oxygens (including phenoxy) is 1. The number of carbonyl (C=O) groups is 1. The molecule has 0 bridgehead atoms. The molecule has 1 saturated heterocycles. The first kappa shape index (κ1) is 19.9. The maximum atomic E-state index is 12.8. The lowest BCUT2D eigenvalue weighted by Gasteiger charge is -2.35. The minimum Gasteiger partial charge on any atom is -0.481 e. The molecule has 2 aliphatic rings. The van der Waals surface area contributed by atoms with E-state index in [1.807, 2.05) is 30.0 Å². The van der Waals surface area contributed by atoms with Crippen molar-refractivity contribution in [2.45, 2.75) is 26.8 Å². The molecular weight excluding hydrogens is 364 g/mol. The first-order chi connectivity index (χ1) is 14.0. The second-order valence-corrected chi connectivity index (χ2v) is 8.02. The fourth-order valence-electron chi connectivity index (χ4n) is 4.37. The van der Waals surface area contributed by atoms with Gasteiger partial charge < -0.3 is 9.64 Å². The Kier molecular flexibility index (Phi) is 5.83. The van der Waals surface area contributed by atoms with E-state index in [-0.39, 0.29) is 5.91 Å². The molecular formula is C23H30N4O2. The van der Waals surface area contributed by atoms with E-state index in [4.69, 9.17) is 4.74 Å². The van der Waals surface area contributed by atoms with Crippen molar-refractivity contribution in [1.29, 1.82) is 0 Å². The first-order valence-corrected chi connectivity index (χ1v) is 10.4. The third-order valence-corrected chi connectivity index (χ3v) is 6.13. The molecule has 2 aliphatic heterocycles. The normalized spacial score (nSPS) is 17.4. The molecule has 0 spiro atoms. The molecule has 1 fully saturated rings. The number of methoxy groups -OCH3 is 1. The van der Waals surface area contributed by atoms with Crippen LogP contribution in [0.2, 0.25) is 0 Å². The zero-order valence-corrected chi connectivity index (χ0v) is 17.6. The van der Waals surface area contributed by atoms with Crippen LogP contribution in [0, 0.1) is 13.8 Å². The number of hydrogen-bond donors (Lipinski definition) is 0. The molecule has 0 aliphatic carbocycles. The summed E-state index contributed by atoms with van der Waals surface area (Å²) in [5.41, 5.74) is 5.91. The molecule has 2 aromatic rings. The Bertz CT molecular complexity index is 867. The third kappa shape index (κ3) is 4.28. The van der Waals surface area contributed by atoms with Crippen LogP contribution >= 0.6 is 0 Å². The summed E-state index contributed by atoms with van der Waals surface area (Å²) < 4.78 is 5.27. The topological polar surface area (TPSA) is 48.9 Å². The van der Waals surface area contributed by atoms with E-state index >= 15 is 0 Å². The number of carbonyl (C=O) groups excluding carboxylic acids is 1. The molecule has 1 amide bonds. The summed E-state index contributed by atoms with van der Waals surface area (Å²) in [5.74, 6) is 0.894. The number of aromatic nitrogens is 1. The second-order valence-electron chi connectivity index (χ2n) is 8.02. The predicted molar refractivity (Wildman–Crippen MR) is 114 cm³/mol. The third-order valence-electron chi connectivity index (χ3n) is 6.13. The maximum absolute atomic E-state index is 12.8. The van der Waals surface area contributed by atoms with Crippen molar-refractivity contribution >= 4 is 11.6 Å². The highest BCUT2D eigenvalue weighted by Gasteiger charge is 2.27.